The number of benzene rings is 2. The Kier molecular flexibility index (Phi) is 6.24. The van der Waals surface area contributed by atoms with Crippen molar-refractivity contribution in [2.24, 2.45) is 27.8 Å². The summed E-state index contributed by atoms with van der Waals surface area (Å²) >= 11 is 1.47. The lowest BCUT2D eigenvalue weighted by atomic mass is 9.95. The van der Waals surface area contributed by atoms with E-state index in [1.165, 1.54) is 29.9 Å². The van der Waals surface area contributed by atoms with Crippen molar-refractivity contribution in [1.29, 1.82) is 0 Å². The topological polar surface area (TPSA) is 57.3 Å². The molecular weight excluding hydrogens is 453 g/mol. The minimum absolute atomic E-state index is 0.293. The summed E-state index contributed by atoms with van der Waals surface area (Å²) in [5, 5.41) is 6.90. The largest absolute Gasteiger partial charge is 0.493 e. The van der Waals surface area contributed by atoms with Gasteiger partial charge in [0.05, 0.1) is 32.7 Å². The van der Waals surface area contributed by atoms with Gasteiger partial charge in [-0.15, -0.1) is 11.3 Å². The molecular formula is C26H26FN3O3S. The molecule has 0 N–H and O–H groups in total. The standard InChI is InChI=1S/C26H26FN3O3S/c1-31-23-12-18(13-24(32-2)25(23)33-3)22-15-34-26(29-21-8-6-20(27)7-9-21)30(22)28-14-19-11-16-4-5-17(19)10-16/h4-9,12-17,19H,10-11H2,1-3H3. The fraction of sp³-hybridized carbons (Fsp3) is 0.308. The summed E-state index contributed by atoms with van der Waals surface area (Å²) in [6.45, 7) is 0. The summed E-state index contributed by atoms with van der Waals surface area (Å²) in [6.07, 6.45) is 9.01. The van der Waals surface area contributed by atoms with E-state index in [2.05, 4.69) is 12.2 Å². The molecule has 2 aliphatic rings. The van der Waals surface area contributed by atoms with E-state index in [9.17, 15) is 4.39 Å². The molecule has 0 spiro atoms. The van der Waals surface area contributed by atoms with Crippen molar-refractivity contribution in [3.63, 3.8) is 0 Å². The smallest absolute Gasteiger partial charge is 0.211 e. The van der Waals surface area contributed by atoms with Gasteiger partial charge in [0.2, 0.25) is 10.6 Å². The molecule has 2 aliphatic carbocycles. The van der Waals surface area contributed by atoms with Crippen molar-refractivity contribution >= 4 is 23.2 Å². The number of aromatic nitrogens is 1. The third-order valence-corrected chi connectivity index (χ3v) is 7.22. The molecule has 5 rings (SSSR count). The lowest BCUT2D eigenvalue weighted by Crippen LogP contribution is -2.15. The van der Waals surface area contributed by atoms with Crippen LogP contribution in [0, 0.1) is 23.6 Å². The summed E-state index contributed by atoms with van der Waals surface area (Å²) in [4.78, 5) is 5.43. The highest BCUT2D eigenvalue weighted by molar-refractivity contribution is 7.07. The first kappa shape index (κ1) is 22.4. The van der Waals surface area contributed by atoms with E-state index in [1.54, 1.807) is 33.5 Å². The molecule has 1 saturated carbocycles. The van der Waals surface area contributed by atoms with Crippen molar-refractivity contribution < 1.29 is 18.6 Å². The second kappa shape index (κ2) is 9.46. The van der Waals surface area contributed by atoms with Gasteiger partial charge in [-0.3, -0.25) is 0 Å². The van der Waals surface area contributed by atoms with Gasteiger partial charge in [-0.05, 0) is 61.1 Å². The molecule has 0 saturated heterocycles. The van der Waals surface area contributed by atoms with Crippen LogP contribution in [0.5, 0.6) is 17.2 Å². The van der Waals surface area contributed by atoms with Crippen LogP contribution in [-0.4, -0.2) is 32.2 Å². The molecule has 0 radical (unpaired) electrons. The highest BCUT2D eigenvalue weighted by Crippen LogP contribution is 2.43. The fourth-order valence-corrected chi connectivity index (χ4v) is 5.55. The normalized spacial score (nSPS) is 21.5. The molecule has 1 fully saturated rings. The molecule has 176 valence electrons. The van der Waals surface area contributed by atoms with Crippen LogP contribution >= 0.6 is 11.3 Å². The van der Waals surface area contributed by atoms with Crippen molar-refractivity contribution in [2.45, 2.75) is 12.8 Å². The third-order valence-electron chi connectivity index (χ3n) is 6.40. The van der Waals surface area contributed by atoms with Gasteiger partial charge in [-0.1, -0.05) is 12.2 Å². The SMILES string of the molecule is COc1cc(-c2csc(=Nc3ccc(F)cc3)n2N=CC2CC3C=CC2C3)cc(OC)c1OC. The number of nitrogens with zero attached hydrogens (tertiary/aromatic N) is 3. The summed E-state index contributed by atoms with van der Waals surface area (Å²) in [5.41, 5.74) is 2.36. The van der Waals surface area contributed by atoms with Crippen molar-refractivity contribution in [2.75, 3.05) is 21.3 Å². The zero-order valence-electron chi connectivity index (χ0n) is 19.3. The van der Waals surface area contributed by atoms with Gasteiger partial charge in [-0.2, -0.15) is 5.10 Å². The molecule has 1 aromatic heterocycles. The van der Waals surface area contributed by atoms with Crippen molar-refractivity contribution in [3.05, 3.63) is 64.5 Å². The number of thiazole rings is 1. The number of rotatable bonds is 7. The van der Waals surface area contributed by atoms with Gasteiger partial charge in [0, 0.05) is 23.1 Å². The third kappa shape index (κ3) is 4.25. The first-order chi connectivity index (χ1) is 16.6. The lowest BCUT2D eigenvalue weighted by Gasteiger charge is -2.15. The molecule has 3 aromatic rings. The summed E-state index contributed by atoms with van der Waals surface area (Å²) < 4.78 is 31.8. The predicted octanol–water partition coefficient (Wildman–Crippen LogP) is 5.66. The van der Waals surface area contributed by atoms with Gasteiger partial charge >= 0.3 is 0 Å². The number of hydrogen-bond donors (Lipinski definition) is 0. The fourth-order valence-electron chi connectivity index (χ4n) is 4.69. The zero-order chi connectivity index (χ0) is 23.7. The number of allylic oxidation sites excluding steroid dienone is 2. The van der Waals surface area contributed by atoms with Gasteiger partial charge in [0.15, 0.2) is 11.5 Å². The average Bonchev–Trinajstić information content (AvgIpc) is 3.59. The molecule has 0 aliphatic heterocycles. The number of hydrogen-bond acceptors (Lipinski definition) is 6. The van der Waals surface area contributed by atoms with E-state index < -0.39 is 0 Å². The molecule has 0 amide bonds. The van der Waals surface area contributed by atoms with Crippen LogP contribution in [0.2, 0.25) is 0 Å². The number of ether oxygens (including phenoxy) is 3. The maximum absolute atomic E-state index is 13.4. The van der Waals surface area contributed by atoms with Crippen LogP contribution in [0.3, 0.4) is 0 Å². The molecule has 3 unspecified atom stereocenters. The molecule has 1 heterocycles. The van der Waals surface area contributed by atoms with Gasteiger partial charge in [0.1, 0.15) is 5.82 Å². The summed E-state index contributed by atoms with van der Waals surface area (Å²) in [6, 6.07) is 9.92. The van der Waals surface area contributed by atoms with Crippen LogP contribution < -0.4 is 19.0 Å². The van der Waals surface area contributed by atoms with Crippen LogP contribution in [0.1, 0.15) is 12.8 Å². The Morgan fingerprint density at radius 3 is 2.32 bits per heavy atom. The van der Waals surface area contributed by atoms with Crippen molar-refractivity contribution in [3.8, 4) is 28.5 Å². The number of methoxy groups -OCH3 is 3. The quantitative estimate of drug-likeness (QED) is 0.325. The van der Waals surface area contributed by atoms with Gasteiger partial charge < -0.3 is 14.2 Å². The van der Waals surface area contributed by atoms with E-state index >= 15 is 0 Å². The Morgan fingerprint density at radius 2 is 1.74 bits per heavy atom. The maximum atomic E-state index is 13.4. The number of fused-ring (bicyclic) bond motifs is 2. The Labute approximate surface area is 201 Å². The van der Waals surface area contributed by atoms with Crippen LogP contribution in [0.15, 0.2) is 64.0 Å². The highest BCUT2D eigenvalue weighted by atomic mass is 32.1. The van der Waals surface area contributed by atoms with Gasteiger partial charge in [-0.25, -0.2) is 14.1 Å². The second-order valence-electron chi connectivity index (χ2n) is 8.43. The molecule has 34 heavy (non-hydrogen) atoms. The summed E-state index contributed by atoms with van der Waals surface area (Å²) in [7, 11) is 4.77. The predicted molar refractivity (Wildman–Crippen MR) is 132 cm³/mol. The molecule has 3 atom stereocenters. The van der Waals surface area contributed by atoms with E-state index in [1.807, 2.05) is 28.4 Å². The maximum Gasteiger partial charge on any atom is 0.211 e. The van der Waals surface area contributed by atoms with E-state index in [-0.39, 0.29) is 5.82 Å². The van der Waals surface area contributed by atoms with Crippen molar-refractivity contribution in [1.82, 2.24) is 4.68 Å². The monoisotopic (exact) mass is 479 g/mol. The van der Waals surface area contributed by atoms with Crippen LogP contribution in [0.4, 0.5) is 10.1 Å². The van der Waals surface area contributed by atoms with E-state index in [0.717, 1.165) is 17.7 Å². The highest BCUT2D eigenvalue weighted by Gasteiger charge is 2.34. The molecule has 8 heteroatoms. The first-order valence-electron chi connectivity index (χ1n) is 11.1. The van der Waals surface area contributed by atoms with Gasteiger partial charge in [0.25, 0.3) is 0 Å². The Bertz CT molecular complexity index is 1280. The Balaban J connectivity index is 1.62. The molecule has 2 bridgehead atoms. The summed E-state index contributed by atoms with van der Waals surface area (Å²) in [5.74, 6) is 2.99. The van der Waals surface area contributed by atoms with Crippen LogP contribution in [-0.2, 0) is 0 Å². The Hall–Kier alpha value is -3.39. The minimum Gasteiger partial charge on any atom is -0.493 e. The van der Waals surface area contributed by atoms with E-state index in [0.29, 0.717) is 45.5 Å². The molecule has 6 nitrogen and oxygen atoms in total. The molecule has 2 aromatic carbocycles. The average molecular weight is 480 g/mol. The lowest BCUT2D eigenvalue weighted by molar-refractivity contribution is 0.324. The minimum atomic E-state index is -0.293. The van der Waals surface area contributed by atoms with E-state index in [4.69, 9.17) is 24.3 Å². The first-order valence-corrected chi connectivity index (χ1v) is 12.0. The van der Waals surface area contributed by atoms with Crippen LogP contribution in [0.25, 0.3) is 11.3 Å². The zero-order valence-corrected chi connectivity index (χ0v) is 20.1. The number of halogens is 1. The second-order valence-corrected chi connectivity index (χ2v) is 9.26. The Morgan fingerprint density at radius 1 is 1.00 bits per heavy atom.